The molecule has 18 heteroatoms. The van der Waals surface area contributed by atoms with Crippen molar-refractivity contribution in [1.29, 1.82) is 0 Å². The number of rotatable bonds is 7. The van der Waals surface area contributed by atoms with Gasteiger partial charge in [-0.05, 0) is 80.8 Å². The number of halogens is 5. The minimum absolute atomic E-state index is 0.0674. The molecule has 2 N–H and O–H groups in total. The molecule has 8 rings (SSSR count). The predicted molar refractivity (Wildman–Crippen MR) is 193 cm³/mol. The average molecular weight is 780 g/mol. The van der Waals surface area contributed by atoms with Gasteiger partial charge in [-0.2, -0.15) is 18.3 Å². The van der Waals surface area contributed by atoms with Gasteiger partial charge < -0.3 is 5.32 Å². The van der Waals surface area contributed by atoms with Gasteiger partial charge >= 0.3 is 11.9 Å². The van der Waals surface area contributed by atoms with Crippen LogP contribution in [-0.2, 0) is 22.8 Å². The maximum Gasteiger partial charge on any atom is 0.433 e. The van der Waals surface area contributed by atoms with E-state index in [-0.39, 0.29) is 37.0 Å². The number of amides is 3. The van der Waals surface area contributed by atoms with Gasteiger partial charge in [-0.25, -0.2) is 23.5 Å². The van der Waals surface area contributed by atoms with Gasteiger partial charge in [0.2, 0.25) is 11.8 Å². The number of pyridine rings is 2. The van der Waals surface area contributed by atoms with Crippen molar-refractivity contribution < 1.29 is 36.3 Å². The third-order valence-corrected chi connectivity index (χ3v) is 11.3. The summed E-state index contributed by atoms with van der Waals surface area (Å²) < 4.78 is 75.9. The van der Waals surface area contributed by atoms with Gasteiger partial charge in [0, 0.05) is 31.6 Å². The molecule has 3 amide bonds. The Morgan fingerprint density at radius 3 is 2.52 bits per heavy atom. The van der Waals surface area contributed by atoms with E-state index in [2.05, 4.69) is 25.7 Å². The third-order valence-electron chi connectivity index (χ3n) is 11.3. The number of hydrogen-bond donors (Lipinski definition) is 2. The number of alkyl halides is 5. The lowest BCUT2D eigenvalue weighted by Gasteiger charge is -2.41. The number of fused-ring (bicyclic) bond motifs is 2. The second kappa shape index (κ2) is 14.2. The summed E-state index contributed by atoms with van der Waals surface area (Å²) in [4.78, 5) is 59.9. The Hall–Kier alpha value is -5.52. The van der Waals surface area contributed by atoms with Crippen molar-refractivity contribution in [3.05, 3.63) is 82.3 Å². The molecule has 2 saturated heterocycles. The molecule has 2 unspecified atom stereocenters. The van der Waals surface area contributed by atoms with Crippen LogP contribution in [0.1, 0.15) is 84.7 Å². The average Bonchev–Trinajstić information content (AvgIpc) is 3.69. The Kier molecular flexibility index (Phi) is 9.49. The summed E-state index contributed by atoms with van der Waals surface area (Å²) in [5.74, 6) is -5.69. The zero-order valence-corrected chi connectivity index (χ0v) is 30.2. The van der Waals surface area contributed by atoms with Crippen LogP contribution in [0.25, 0.3) is 21.9 Å². The summed E-state index contributed by atoms with van der Waals surface area (Å²) >= 11 is 0. The van der Waals surface area contributed by atoms with Gasteiger partial charge in [-0.15, -0.1) is 0 Å². The normalized spacial score (nSPS) is 23.4. The lowest BCUT2D eigenvalue weighted by atomic mass is 9.83. The highest BCUT2D eigenvalue weighted by Gasteiger charge is 2.47. The zero-order chi connectivity index (χ0) is 39.5. The molecule has 2 atom stereocenters. The fraction of sp³-hybridized carbons (Fsp3) is 0.447. The van der Waals surface area contributed by atoms with Crippen LogP contribution in [0.4, 0.5) is 27.8 Å². The van der Waals surface area contributed by atoms with E-state index in [4.69, 9.17) is 0 Å². The fourth-order valence-corrected chi connectivity index (χ4v) is 8.59. The second-order valence-electron chi connectivity index (χ2n) is 15.0. The number of carbonyl (C=O) groups excluding carboxylic acids is 3. The summed E-state index contributed by atoms with van der Waals surface area (Å²) in [5.41, 5.74) is -0.366. The molecule has 1 aromatic carbocycles. The van der Waals surface area contributed by atoms with Crippen molar-refractivity contribution in [1.82, 2.24) is 39.1 Å². The minimum Gasteiger partial charge on any atom is -0.305 e. The summed E-state index contributed by atoms with van der Waals surface area (Å²) in [7, 11) is 1.52. The number of piperidine rings is 2. The number of imide groups is 1. The monoisotopic (exact) mass is 779 g/mol. The van der Waals surface area contributed by atoms with Crippen molar-refractivity contribution in [2.75, 3.05) is 25.0 Å². The number of aromatic nitrogens is 6. The summed E-state index contributed by atoms with van der Waals surface area (Å²) in [6.45, 7) is 0.563. The number of nitrogens with one attached hydrogen (secondary N) is 2. The lowest BCUT2D eigenvalue weighted by Crippen LogP contribution is -2.49. The highest BCUT2D eigenvalue weighted by molar-refractivity contribution is 6.03. The number of carbonyl (C=O) groups is 3. The van der Waals surface area contributed by atoms with Crippen LogP contribution in [0.2, 0.25) is 0 Å². The molecule has 1 aliphatic carbocycles. The van der Waals surface area contributed by atoms with E-state index >= 15 is 8.78 Å². The number of benzene rings is 1. The van der Waals surface area contributed by atoms with Crippen LogP contribution in [0.5, 0.6) is 0 Å². The van der Waals surface area contributed by atoms with E-state index in [1.807, 2.05) is 15.8 Å². The Balaban J connectivity index is 0.889. The van der Waals surface area contributed by atoms with Crippen molar-refractivity contribution in [3.63, 3.8) is 0 Å². The lowest BCUT2D eigenvalue weighted by molar-refractivity contribution is -0.141. The number of aryl methyl sites for hydroxylation is 1. The minimum atomic E-state index is -4.69. The van der Waals surface area contributed by atoms with Crippen molar-refractivity contribution in [2.45, 2.75) is 75.0 Å². The Morgan fingerprint density at radius 2 is 1.79 bits per heavy atom. The fourth-order valence-electron chi connectivity index (χ4n) is 8.59. The third kappa shape index (κ3) is 7.05. The molecule has 13 nitrogen and oxygen atoms in total. The van der Waals surface area contributed by atoms with Crippen LogP contribution in [0.3, 0.4) is 0 Å². The van der Waals surface area contributed by atoms with E-state index in [9.17, 15) is 32.3 Å². The molecule has 3 fully saturated rings. The molecule has 0 radical (unpaired) electrons. The Bertz CT molecular complexity index is 2410. The molecule has 3 aliphatic rings. The van der Waals surface area contributed by atoms with E-state index < -0.39 is 65.4 Å². The van der Waals surface area contributed by atoms with Crippen LogP contribution in [-0.4, -0.2) is 77.1 Å². The van der Waals surface area contributed by atoms with Crippen LogP contribution in [0, 0.1) is 5.92 Å². The number of hydrogen-bond acceptors (Lipinski definition) is 8. The smallest absolute Gasteiger partial charge is 0.305 e. The van der Waals surface area contributed by atoms with Gasteiger partial charge in [0.1, 0.15) is 28.8 Å². The number of imidazole rings is 1. The standard InChI is InChI=1S/C38H38F5N9O4/c1-49-33-24(4-2-6-28(33)52(36(49)56)29-12-13-32(53)47-35(29)55)25-14-15-50(20-37(25,39)40)18-21-8-10-23(11-9-21)51-19-22-16-31(44-17-27(22)48-51)46-34(54)26-5-3-7-30(45-26)38(41,42)43/h2-7,16-17,19,21,23,25,29H,8-15,18,20H2,1H3,(H,46,54)(H,47,53,55). The van der Waals surface area contributed by atoms with E-state index in [0.717, 1.165) is 37.8 Å². The molecule has 294 valence electrons. The molecule has 0 bridgehead atoms. The topological polar surface area (TPSA) is 149 Å². The predicted octanol–water partition coefficient (Wildman–Crippen LogP) is 5.58. The first-order valence-electron chi connectivity index (χ1n) is 18.5. The molecule has 5 aromatic rings. The van der Waals surface area contributed by atoms with Crippen LogP contribution < -0.4 is 16.3 Å². The van der Waals surface area contributed by atoms with Crippen LogP contribution >= 0.6 is 0 Å². The first kappa shape index (κ1) is 37.4. The maximum absolute atomic E-state index is 16.1. The van der Waals surface area contributed by atoms with Gasteiger partial charge in [0.15, 0.2) is 0 Å². The van der Waals surface area contributed by atoms with Gasteiger partial charge in [0.25, 0.3) is 11.8 Å². The number of para-hydroxylation sites is 1. The first-order valence-corrected chi connectivity index (χ1v) is 18.5. The number of nitrogens with zero attached hydrogens (tertiary/aromatic N) is 7. The zero-order valence-electron chi connectivity index (χ0n) is 30.2. The highest BCUT2D eigenvalue weighted by Crippen LogP contribution is 2.44. The first-order chi connectivity index (χ1) is 26.7. The van der Waals surface area contributed by atoms with E-state index in [0.29, 0.717) is 40.6 Å². The largest absolute Gasteiger partial charge is 0.433 e. The van der Waals surface area contributed by atoms with Crippen molar-refractivity contribution >= 4 is 45.5 Å². The van der Waals surface area contributed by atoms with Gasteiger partial charge in [-0.3, -0.25) is 38.4 Å². The number of anilines is 1. The van der Waals surface area contributed by atoms with Gasteiger partial charge in [-0.1, -0.05) is 18.2 Å². The highest BCUT2D eigenvalue weighted by atomic mass is 19.4. The molecule has 0 spiro atoms. The van der Waals surface area contributed by atoms with Gasteiger partial charge in [0.05, 0.1) is 35.7 Å². The van der Waals surface area contributed by atoms with E-state index in [1.54, 1.807) is 24.3 Å². The van der Waals surface area contributed by atoms with Crippen molar-refractivity contribution in [2.24, 2.45) is 13.0 Å². The molecule has 4 aromatic heterocycles. The van der Waals surface area contributed by atoms with Crippen LogP contribution in [0.15, 0.2) is 59.7 Å². The summed E-state index contributed by atoms with van der Waals surface area (Å²) in [6, 6.07) is 8.76. The molecule has 6 heterocycles. The number of likely N-dealkylation sites (tertiary alicyclic amines) is 1. The summed E-state index contributed by atoms with van der Waals surface area (Å²) in [6.07, 6.45) is 2.22. The SMILES string of the molecule is Cn1c(=O)n(C2CCC(=O)NC2=O)c2cccc(C3CCN(CC4CCC(n5cc6cc(NC(=O)c7cccc(C(F)(F)F)n7)ncc6n5)CC4)CC3(F)F)c21. The van der Waals surface area contributed by atoms with E-state index in [1.165, 1.54) is 28.4 Å². The molecule has 2 aliphatic heterocycles. The second-order valence-corrected chi connectivity index (χ2v) is 15.0. The molecule has 1 saturated carbocycles. The maximum atomic E-state index is 16.1. The summed E-state index contributed by atoms with van der Waals surface area (Å²) in [5, 5.41) is 10.1. The molecule has 56 heavy (non-hydrogen) atoms. The quantitative estimate of drug-likeness (QED) is 0.161. The molecular weight excluding hydrogens is 741 g/mol. The molecular formula is C38H38F5N9O4. The van der Waals surface area contributed by atoms with Crippen molar-refractivity contribution in [3.8, 4) is 0 Å². The Labute approximate surface area is 315 Å². The Morgan fingerprint density at radius 1 is 1.02 bits per heavy atom.